The lowest BCUT2D eigenvalue weighted by Gasteiger charge is -2.28. The van der Waals surface area contributed by atoms with Crippen molar-refractivity contribution in [1.82, 2.24) is 15.0 Å². The number of fused-ring (bicyclic) bond motifs is 1. The van der Waals surface area contributed by atoms with E-state index in [0.29, 0.717) is 18.4 Å². The summed E-state index contributed by atoms with van der Waals surface area (Å²) in [5.74, 6) is -0.517. The molecule has 2 aliphatic carbocycles. The van der Waals surface area contributed by atoms with Gasteiger partial charge in [0.05, 0.1) is 0 Å². The topological polar surface area (TPSA) is 65.0 Å². The number of carbonyl (C=O) groups is 1. The van der Waals surface area contributed by atoms with Gasteiger partial charge in [0.1, 0.15) is 0 Å². The number of allylic oxidation sites excluding steroid dienone is 4. The average molecular weight is 484 g/mol. The third kappa shape index (κ3) is 4.40. The number of halogens is 2. The van der Waals surface area contributed by atoms with E-state index in [4.69, 9.17) is 16.3 Å². The van der Waals surface area contributed by atoms with Crippen LogP contribution in [0.1, 0.15) is 77.8 Å². The lowest BCUT2D eigenvalue weighted by atomic mass is 9.76. The van der Waals surface area contributed by atoms with E-state index in [1.54, 1.807) is 6.20 Å². The highest BCUT2D eigenvalue weighted by molar-refractivity contribution is 6.28. The molecule has 0 aromatic carbocycles. The maximum atomic E-state index is 15.8. The number of hydrogen-bond acceptors (Lipinski definition) is 5. The van der Waals surface area contributed by atoms with E-state index in [9.17, 15) is 4.79 Å². The predicted octanol–water partition coefficient (Wildman–Crippen LogP) is 7.30. The van der Waals surface area contributed by atoms with E-state index in [-0.39, 0.29) is 34.2 Å². The molecule has 1 atom stereocenters. The first-order chi connectivity index (χ1) is 16.2. The van der Waals surface area contributed by atoms with Gasteiger partial charge in [-0.1, -0.05) is 26.3 Å². The van der Waals surface area contributed by atoms with E-state index < -0.39 is 5.82 Å². The molecule has 1 fully saturated rings. The van der Waals surface area contributed by atoms with E-state index >= 15 is 4.39 Å². The van der Waals surface area contributed by atoms with Crippen molar-refractivity contribution in [3.05, 3.63) is 57.4 Å². The van der Waals surface area contributed by atoms with E-state index in [1.807, 2.05) is 20.8 Å². The third-order valence-corrected chi connectivity index (χ3v) is 7.83. The number of aromatic nitrogens is 3. The van der Waals surface area contributed by atoms with Gasteiger partial charge in [0, 0.05) is 35.5 Å². The molecular weight excluding hydrogens is 453 g/mol. The van der Waals surface area contributed by atoms with Crippen LogP contribution in [0.4, 0.5) is 4.39 Å². The van der Waals surface area contributed by atoms with Crippen LogP contribution in [0.2, 0.25) is 5.28 Å². The second kappa shape index (κ2) is 9.57. The van der Waals surface area contributed by atoms with Crippen LogP contribution >= 0.6 is 11.6 Å². The van der Waals surface area contributed by atoms with Crippen LogP contribution in [0.5, 0.6) is 11.8 Å². The molecule has 180 valence electrons. The number of ether oxygens (including phenoxy) is 1. The molecule has 7 heteroatoms. The maximum absolute atomic E-state index is 15.8. The second-order valence-corrected chi connectivity index (χ2v) is 9.79. The van der Waals surface area contributed by atoms with E-state index in [0.717, 1.165) is 48.0 Å². The SMILES string of the molecule is CCC(C)C(=O)/C(C1=C(C)c2c(cnc(Oc3ccnc(Cl)n3)c2F)CC1)=C(/C)C1(CC)CC1. The van der Waals surface area contributed by atoms with Gasteiger partial charge < -0.3 is 4.74 Å². The molecule has 5 nitrogen and oxygen atoms in total. The zero-order valence-electron chi connectivity index (χ0n) is 20.5. The first-order valence-electron chi connectivity index (χ1n) is 12.0. The van der Waals surface area contributed by atoms with Crippen molar-refractivity contribution in [3.8, 4) is 11.8 Å². The molecule has 0 aliphatic heterocycles. The highest BCUT2D eigenvalue weighted by atomic mass is 35.5. The lowest BCUT2D eigenvalue weighted by molar-refractivity contribution is -0.118. The van der Waals surface area contributed by atoms with Crippen molar-refractivity contribution in [2.45, 2.75) is 73.1 Å². The predicted molar refractivity (Wildman–Crippen MR) is 131 cm³/mol. The summed E-state index contributed by atoms with van der Waals surface area (Å²) in [6.07, 6.45) is 8.39. The molecule has 2 aliphatic rings. The number of ketones is 1. The first-order valence-corrected chi connectivity index (χ1v) is 12.4. The normalized spacial score (nSPS) is 18.2. The van der Waals surface area contributed by atoms with E-state index in [2.05, 4.69) is 28.8 Å². The van der Waals surface area contributed by atoms with Crippen molar-refractivity contribution < 1.29 is 13.9 Å². The van der Waals surface area contributed by atoms with Crippen LogP contribution in [0.15, 0.2) is 35.2 Å². The first kappa shape index (κ1) is 24.5. The summed E-state index contributed by atoms with van der Waals surface area (Å²) < 4.78 is 21.4. The van der Waals surface area contributed by atoms with Crippen LogP contribution in [-0.2, 0) is 11.2 Å². The Hall–Kier alpha value is -2.60. The number of hydrogen-bond donors (Lipinski definition) is 0. The fourth-order valence-electron chi connectivity index (χ4n) is 4.96. The summed E-state index contributed by atoms with van der Waals surface area (Å²) in [6.45, 7) is 10.2. The van der Waals surface area contributed by atoms with Crippen LogP contribution in [0.3, 0.4) is 0 Å². The van der Waals surface area contributed by atoms with Crippen LogP contribution < -0.4 is 4.74 Å². The minimum atomic E-state index is -0.549. The number of Topliss-reactive ketones (excluding diaryl/α,β-unsaturated/α-hetero) is 1. The quantitative estimate of drug-likeness (QED) is 0.291. The highest BCUT2D eigenvalue weighted by Gasteiger charge is 2.45. The molecule has 4 rings (SSSR count). The average Bonchev–Trinajstić information content (AvgIpc) is 3.63. The Kier molecular flexibility index (Phi) is 6.90. The number of nitrogens with zero attached hydrogens (tertiary/aromatic N) is 3. The fraction of sp³-hybridized carbons (Fsp3) is 0.481. The highest BCUT2D eigenvalue weighted by Crippen LogP contribution is 2.56. The van der Waals surface area contributed by atoms with Crippen molar-refractivity contribution in [2.24, 2.45) is 11.3 Å². The summed E-state index contributed by atoms with van der Waals surface area (Å²) in [7, 11) is 0. The largest absolute Gasteiger partial charge is 0.417 e. The Balaban J connectivity index is 1.83. The molecule has 2 aromatic heterocycles. The van der Waals surface area contributed by atoms with Crippen LogP contribution in [0, 0.1) is 17.2 Å². The molecule has 34 heavy (non-hydrogen) atoms. The minimum Gasteiger partial charge on any atom is -0.417 e. The molecule has 0 N–H and O–H groups in total. The standard InChI is InChI=1S/C27H31ClFN3O2/c1-6-15(3)24(33)22(17(5)27(7-2)11-12-27)19-9-8-18-14-31-25(23(29)21(18)16(19)4)34-20-10-13-30-26(28)32-20/h10,13-15H,6-9,11-12H2,1-5H3/b22-17-. The smallest absolute Gasteiger partial charge is 0.258 e. The Labute approximate surface area is 205 Å². The summed E-state index contributed by atoms with van der Waals surface area (Å²) in [4.78, 5) is 25.6. The van der Waals surface area contributed by atoms with Gasteiger partial charge in [0.25, 0.3) is 5.88 Å². The lowest BCUT2D eigenvalue weighted by Crippen LogP contribution is -2.21. The molecule has 1 unspecified atom stereocenters. The summed E-state index contributed by atoms with van der Waals surface area (Å²) in [6, 6.07) is 1.50. The zero-order chi connectivity index (χ0) is 24.6. The fourth-order valence-corrected chi connectivity index (χ4v) is 5.10. The molecule has 0 spiro atoms. The minimum absolute atomic E-state index is 0.00738. The molecule has 2 heterocycles. The Bertz CT molecular complexity index is 1200. The number of aryl methyl sites for hydroxylation is 1. The van der Waals surface area contributed by atoms with Crippen molar-refractivity contribution in [3.63, 3.8) is 0 Å². The number of rotatable bonds is 8. The molecular formula is C27H31ClFN3O2. The van der Waals surface area contributed by atoms with Crippen LogP contribution in [0.25, 0.3) is 5.57 Å². The summed E-state index contributed by atoms with van der Waals surface area (Å²) in [5.41, 5.74) is 5.11. The molecule has 2 aromatic rings. The molecule has 1 saturated carbocycles. The Morgan fingerprint density at radius 3 is 2.62 bits per heavy atom. The van der Waals surface area contributed by atoms with Gasteiger partial charge in [0.15, 0.2) is 11.6 Å². The zero-order valence-corrected chi connectivity index (χ0v) is 21.2. The van der Waals surface area contributed by atoms with Gasteiger partial charge >= 0.3 is 0 Å². The maximum Gasteiger partial charge on any atom is 0.258 e. The van der Waals surface area contributed by atoms with Crippen LogP contribution in [-0.4, -0.2) is 20.7 Å². The number of carbonyl (C=O) groups excluding carboxylic acids is 1. The van der Waals surface area contributed by atoms with Gasteiger partial charge in [-0.3, -0.25) is 4.79 Å². The van der Waals surface area contributed by atoms with Gasteiger partial charge in [-0.25, -0.2) is 14.4 Å². The molecule has 0 radical (unpaired) electrons. The van der Waals surface area contributed by atoms with Crippen molar-refractivity contribution >= 4 is 23.0 Å². The van der Waals surface area contributed by atoms with Crippen molar-refractivity contribution in [1.29, 1.82) is 0 Å². The summed E-state index contributed by atoms with van der Waals surface area (Å²) in [5, 5.41) is 0.00738. The van der Waals surface area contributed by atoms with E-state index in [1.165, 1.54) is 17.8 Å². The summed E-state index contributed by atoms with van der Waals surface area (Å²) >= 11 is 5.83. The Morgan fingerprint density at radius 1 is 1.26 bits per heavy atom. The number of pyridine rings is 1. The van der Waals surface area contributed by atoms with Gasteiger partial charge in [0.2, 0.25) is 11.2 Å². The third-order valence-electron chi connectivity index (χ3n) is 7.65. The van der Waals surface area contributed by atoms with Gasteiger partial charge in [-0.2, -0.15) is 4.98 Å². The molecule has 0 amide bonds. The monoisotopic (exact) mass is 483 g/mol. The van der Waals surface area contributed by atoms with Gasteiger partial charge in [-0.05, 0) is 86.1 Å². The van der Waals surface area contributed by atoms with Crippen molar-refractivity contribution in [2.75, 3.05) is 0 Å². The Morgan fingerprint density at radius 2 is 2.00 bits per heavy atom. The molecule has 0 bridgehead atoms. The van der Waals surface area contributed by atoms with Gasteiger partial charge in [-0.15, -0.1) is 0 Å². The second-order valence-electron chi connectivity index (χ2n) is 9.45. The molecule has 0 saturated heterocycles.